The predicted octanol–water partition coefficient (Wildman–Crippen LogP) is 3.82. The fourth-order valence-electron chi connectivity index (χ4n) is 3.42. The maximum atomic E-state index is 13.5. The number of para-hydroxylation sites is 2. The molecule has 2 aromatic carbocycles. The monoisotopic (exact) mass is 441 g/mol. The summed E-state index contributed by atoms with van der Waals surface area (Å²) in [4.78, 5) is 22.0. The first kappa shape index (κ1) is 21.4. The van der Waals surface area contributed by atoms with Gasteiger partial charge >= 0.3 is 0 Å². The molecule has 1 aliphatic rings. The molecule has 0 saturated carbocycles. The molecular formula is C23H27N3O4S. The highest BCUT2D eigenvalue weighted by Crippen LogP contribution is 2.34. The summed E-state index contributed by atoms with van der Waals surface area (Å²) in [5, 5.41) is 0.662. The van der Waals surface area contributed by atoms with E-state index in [9.17, 15) is 4.79 Å². The van der Waals surface area contributed by atoms with E-state index in [2.05, 4.69) is 4.90 Å². The number of carbonyl (C=O) groups excluding carboxylic acids is 1. The lowest BCUT2D eigenvalue weighted by Gasteiger charge is -2.29. The summed E-state index contributed by atoms with van der Waals surface area (Å²) < 4.78 is 18.3. The van der Waals surface area contributed by atoms with Crippen molar-refractivity contribution < 1.29 is 19.0 Å². The highest BCUT2D eigenvalue weighted by atomic mass is 32.1. The zero-order valence-corrected chi connectivity index (χ0v) is 18.9. The Morgan fingerprint density at radius 3 is 2.77 bits per heavy atom. The molecule has 0 aliphatic carbocycles. The van der Waals surface area contributed by atoms with Gasteiger partial charge in [0.15, 0.2) is 16.6 Å². The Bertz CT molecular complexity index is 1050. The van der Waals surface area contributed by atoms with E-state index in [1.54, 1.807) is 4.90 Å². The van der Waals surface area contributed by atoms with Gasteiger partial charge in [0.1, 0.15) is 12.4 Å². The third kappa shape index (κ3) is 4.91. The molecule has 1 atom stereocenters. The fourth-order valence-corrected chi connectivity index (χ4v) is 4.45. The smallest absolute Gasteiger partial charge is 0.273 e. The summed E-state index contributed by atoms with van der Waals surface area (Å²) in [5.41, 5.74) is 0.847. The maximum Gasteiger partial charge on any atom is 0.273 e. The number of amides is 1. The number of fused-ring (bicyclic) bond motifs is 2. The molecule has 3 aromatic rings. The van der Waals surface area contributed by atoms with Crippen LogP contribution in [0.4, 0.5) is 5.13 Å². The van der Waals surface area contributed by atoms with Gasteiger partial charge in [-0.05, 0) is 64.3 Å². The number of benzene rings is 2. The standard InChI is InChI=1S/C23H27N3O4S/c1-4-28-16-10-11-17-21(14-16)31-23(24-17)26(13-7-12-25(2)3)22(27)20-15-29-18-8-5-6-9-19(18)30-20/h5-6,8-11,14,20H,4,7,12-13,15H2,1-3H3. The highest BCUT2D eigenvalue weighted by molar-refractivity contribution is 7.22. The van der Waals surface area contributed by atoms with E-state index >= 15 is 0 Å². The minimum atomic E-state index is -0.708. The molecule has 31 heavy (non-hydrogen) atoms. The molecule has 1 unspecified atom stereocenters. The van der Waals surface area contributed by atoms with Gasteiger partial charge in [0.05, 0.1) is 16.8 Å². The lowest BCUT2D eigenvalue weighted by molar-refractivity contribution is -0.127. The van der Waals surface area contributed by atoms with E-state index in [0.717, 1.165) is 28.9 Å². The molecule has 4 rings (SSSR count). The van der Waals surface area contributed by atoms with Gasteiger partial charge in [0, 0.05) is 6.54 Å². The Morgan fingerprint density at radius 2 is 2.00 bits per heavy atom. The third-order valence-electron chi connectivity index (χ3n) is 4.93. The van der Waals surface area contributed by atoms with Gasteiger partial charge in [0.2, 0.25) is 6.10 Å². The van der Waals surface area contributed by atoms with Gasteiger partial charge in [-0.1, -0.05) is 23.5 Å². The number of ether oxygens (including phenoxy) is 3. The molecule has 8 heteroatoms. The van der Waals surface area contributed by atoms with Gasteiger partial charge in [0.25, 0.3) is 5.91 Å². The molecule has 0 bridgehead atoms. The largest absolute Gasteiger partial charge is 0.494 e. The summed E-state index contributed by atoms with van der Waals surface area (Å²) >= 11 is 1.49. The highest BCUT2D eigenvalue weighted by Gasteiger charge is 2.33. The number of rotatable bonds is 8. The fraction of sp³-hybridized carbons (Fsp3) is 0.391. The first-order valence-corrected chi connectivity index (χ1v) is 11.2. The molecule has 0 spiro atoms. The molecular weight excluding hydrogens is 414 g/mol. The first-order chi connectivity index (χ1) is 15.0. The van der Waals surface area contributed by atoms with E-state index in [4.69, 9.17) is 19.2 Å². The van der Waals surface area contributed by atoms with Crippen LogP contribution in [-0.2, 0) is 4.79 Å². The van der Waals surface area contributed by atoms with Crippen LogP contribution in [0.5, 0.6) is 17.2 Å². The van der Waals surface area contributed by atoms with Crippen LogP contribution in [0, 0.1) is 0 Å². The summed E-state index contributed by atoms with van der Waals surface area (Å²) in [6.45, 7) is 4.16. The van der Waals surface area contributed by atoms with Crippen molar-refractivity contribution in [3.05, 3.63) is 42.5 Å². The molecule has 0 fully saturated rings. The van der Waals surface area contributed by atoms with Crippen molar-refractivity contribution in [3.8, 4) is 17.2 Å². The number of nitrogens with zero attached hydrogens (tertiary/aromatic N) is 3. The van der Waals surface area contributed by atoms with E-state index in [1.807, 2.05) is 63.5 Å². The average Bonchev–Trinajstić information content (AvgIpc) is 3.19. The van der Waals surface area contributed by atoms with Crippen LogP contribution in [0.1, 0.15) is 13.3 Å². The summed E-state index contributed by atoms with van der Waals surface area (Å²) in [5.74, 6) is 1.91. The number of hydrogen-bond donors (Lipinski definition) is 0. The lowest BCUT2D eigenvalue weighted by atomic mass is 10.2. The lowest BCUT2D eigenvalue weighted by Crippen LogP contribution is -2.47. The molecule has 164 valence electrons. The molecule has 2 heterocycles. The van der Waals surface area contributed by atoms with Crippen molar-refractivity contribution in [1.82, 2.24) is 9.88 Å². The molecule has 0 radical (unpaired) electrons. The number of hydrogen-bond acceptors (Lipinski definition) is 7. The van der Waals surface area contributed by atoms with E-state index < -0.39 is 6.10 Å². The topological polar surface area (TPSA) is 64.1 Å². The van der Waals surface area contributed by atoms with Crippen molar-refractivity contribution >= 4 is 32.6 Å². The zero-order chi connectivity index (χ0) is 21.8. The Kier molecular flexibility index (Phi) is 6.58. The van der Waals surface area contributed by atoms with E-state index in [1.165, 1.54) is 11.3 Å². The number of aromatic nitrogens is 1. The van der Waals surface area contributed by atoms with Crippen molar-refractivity contribution in [2.75, 3.05) is 45.3 Å². The van der Waals surface area contributed by atoms with Crippen LogP contribution in [-0.4, -0.2) is 62.3 Å². The SMILES string of the molecule is CCOc1ccc2nc(N(CCCN(C)C)C(=O)C3COc4ccccc4O3)sc2c1. The van der Waals surface area contributed by atoms with Gasteiger partial charge in [-0.15, -0.1) is 0 Å². The number of thiazole rings is 1. The minimum Gasteiger partial charge on any atom is -0.494 e. The van der Waals surface area contributed by atoms with Gasteiger partial charge in [-0.3, -0.25) is 9.69 Å². The van der Waals surface area contributed by atoms with Crippen LogP contribution in [0.3, 0.4) is 0 Å². The van der Waals surface area contributed by atoms with Gasteiger partial charge < -0.3 is 19.1 Å². The first-order valence-electron chi connectivity index (χ1n) is 10.4. The minimum absolute atomic E-state index is 0.141. The van der Waals surface area contributed by atoms with Crippen molar-refractivity contribution in [3.63, 3.8) is 0 Å². The predicted molar refractivity (Wildman–Crippen MR) is 123 cm³/mol. The van der Waals surface area contributed by atoms with E-state index in [-0.39, 0.29) is 12.5 Å². The maximum absolute atomic E-state index is 13.5. The molecule has 7 nitrogen and oxygen atoms in total. The van der Waals surface area contributed by atoms with Crippen molar-refractivity contribution in [2.24, 2.45) is 0 Å². The van der Waals surface area contributed by atoms with Crippen molar-refractivity contribution in [1.29, 1.82) is 0 Å². The molecule has 0 saturated heterocycles. The Labute approximate surface area is 186 Å². The van der Waals surface area contributed by atoms with Crippen LogP contribution < -0.4 is 19.1 Å². The van der Waals surface area contributed by atoms with E-state index in [0.29, 0.717) is 29.8 Å². The quantitative estimate of drug-likeness (QED) is 0.530. The summed E-state index contributed by atoms with van der Waals surface area (Å²) in [6.07, 6.45) is 0.114. The molecule has 1 amide bonds. The number of carbonyl (C=O) groups is 1. The summed E-state index contributed by atoms with van der Waals surface area (Å²) in [6, 6.07) is 13.2. The Hall–Kier alpha value is -2.84. The molecule has 0 N–H and O–H groups in total. The second-order valence-corrected chi connectivity index (χ2v) is 8.58. The average molecular weight is 442 g/mol. The van der Waals surface area contributed by atoms with Gasteiger partial charge in [-0.2, -0.15) is 0 Å². The summed E-state index contributed by atoms with van der Waals surface area (Å²) in [7, 11) is 4.04. The second kappa shape index (κ2) is 9.53. The Morgan fingerprint density at radius 1 is 1.19 bits per heavy atom. The molecule has 1 aliphatic heterocycles. The molecule has 1 aromatic heterocycles. The number of anilines is 1. The van der Waals surface area contributed by atoms with Crippen molar-refractivity contribution in [2.45, 2.75) is 19.4 Å². The van der Waals surface area contributed by atoms with Crippen LogP contribution in [0.2, 0.25) is 0 Å². The van der Waals surface area contributed by atoms with Crippen LogP contribution in [0.25, 0.3) is 10.2 Å². The second-order valence-electron chi connectivity index (χ2n) is 7.57. The van der Waals surface area contributed by atoms with Crippen LogP contribution in [0.15, 0.2) is 42.5 Å². The third-order valence-corrected chi connectivity index (χ3v) is 5.97. The Balaban J connectivity index is 1.59. The normalized spacial score (nSPS) is 15.3. The zero-order valence-electron chi connectivity index (χ0n) is 18.0. The van der Waals surface area contributed by atoms with Crippen LogP contribution >= 0.6 is 11.3 Å². The van der Waals surface area contributed by atoms with Gasteiger partial charge in [-0.25, -0.2) is 4.98 Å².